The number of alkyl halides is 3. The Morgan fingerprint density at radius 3 is 2.70 bits per heavy atom. The zero-order chi connectivity index (χ0) is 28.5. The van der Waals surface area contributed by atoms with Crippen LogP contribution in [0.1, 0.15) is 52.1 Å². The molecule has 3 aliphatic rings. The minimum atomic E-state index is -3.81. The molecule has 216 valence electrons. The van der Waals surface area contributed by atoms with Crippen molar-refractivity contribution in [2.75, 3.05) is 25.1 Å². The van der Waals surface area contributed by atoms with Gasteiger partial charge in [-0.25, -0.2) is 0 Å². The van der Waals surface area contributed by atoms with E-state index in [2.05, 4.69) is 45.9 Å². The summed E-state index contributed by atoms with van der Waals surface area (Å²) < 4.78 is 42.4. The summed E-state index contributed by atoms with van der Waals surface area (Å²) in [5, 5.41) is 10.1. The van der Waals surface area contributed by atoms with Gasteiger partial charge in [0.05, 0.1) is 12.3 Å². The van der Waals surface area contributed by atoms with Crippen LogP contribution in [0.4, 0.5) is 14.5 Å². The first-order chi connectivity index (χ1) is 19.0. The van der Waals surface area contributed by atoms with E-state index in [1.54, 1.807) is 6.20 Å². The number of nitrogens with zero attached hydrogens (tertiary/aromatic N) is 2. The molecule has 3 unspecified atom stereocenters. The van der Waals surface area contributed by atoms with E-state index in [4.69, 9.17) is 21.1 Å². The van der Waals surface area contributed by atoms with Gasteiger partial charge < -0.3 is 24.4 Å². The van der Waals surface area contributed by atoms with Crippen molar-refractivity contribution in [1.82, 2.24) is 15.1 Å². The van der Waals surface area contributed by atoms with Crippen LogP contribution in [-0.2, 0) is 14.3 Å². The molecule has 0 spiro atoms. The van der Waals surface area contributed by atoms with Gasteiger partial charge in [-0.2, -0.15) is 5.10 Å². The van der Waals surface area contributed by atoms with Crippen LogP contribution in [-0.4, -0.2) is 58.7 Å². The van der Waals surface area contributed by atoms with Crippen molar-refractivity contribution >= 4 is 28.8 Å². The number of H-pyrrole nitrogens is 1. The minimum absolute atomic E-state index is 0.0178. The molecule has 3 atom stereocenters. The highest BCUT2D eigenvalue weighted by molar-refractivity contribution is 6.20. The van der Waals surface area contributed by atoms with Crippen LogP contribution < -0.4 is 10.1 Å². The highest BCUT2D eigenvalue weighted by atomic mass is 35.5. The van der Waals surface area contributed by atoms with E-state index in [-0.39, 0.29) is 35.3 Å². The monoisotopic (exact) mass is 576 g/mol. The van der Waals surface area contributed by atoms with Crippen LogP contribution in [0.15, 0.2) is 53.9 Å². The largest absolute Gasteiger partial charge is 0.487 e. The molecule has 3 heterocycles. The lowest BCUT2D eigenvalue weighted by atomic mass is 9.72. The van der Waals surface area contributed by atoms with Gasteiger partial charge in [0.25, 0.3) is 5.91 Å². The van der Waals surface area contributed by atoms with Gasteiger partial charge >= 0.3 is 5.57 Å². The van der Waals surface area contributed by atoms with Crippen molar-refractivity contribution in [2.45, 2.75) is 64.4 Å². The Morgan fingerprint density at radius 1 is 1.30 bits per heavy atom. The molecule has 0 saturated carbocycles. The van der Waals surface area contributed by atoms with Crippen molar-refractivity contribution in [1.29, 1.82) is 0 Å². The van der Waals surface area contributed by atoms with Crippen molar-refractivity contribution in [3.63, 3.8) is 0 Å². The van der Waals surface area contributed by atoms with Gasteiger partial charge in [-0.1, -0.05) is 6.92 Å². The second-order valence-electron chi connectivity index (χ2n) is 11.2. The highest BCUT2D eigenvalue weighted by Gasteiger charge is 2.50. The Morgan fingerprint density at radius 2 is 2.08 bits per heavy atom. The molecule has 1 amide bonds. The molecule has 5 rings (SSSR count). The van der Waals surface area contributed by atoms with E-state index >= 15 is 0 Å². The van der Waals surface area contributed by atoms with Gasteiger partial charge in [-0.3, -0.25) is 9.89 Å². The fourth-order valence-corrected chi connectivity index (χ4v) is 5.88. The first-order valence-corrected chi connectivity index (χ1v) is 14.0. The number of carbonyl (C=O) groups is 1. The lowest BCUT2D eigenvalue weighted by Gasteiger charge is -2.35. The summed E-state index contributed by atoms with van der Waals surface area (Å²) in [4.78, 5) is 16.0. The molecule has 2 aliphatic heterocycles. The fraction of sp³-hybridized carbons (Fsp3) is 0.517. The first-order valence-electron chi connectivity index (χ1n) is 13.6. The average molecular weight is 577 g/mol. The number of ether oxygens (including phenoxy) is 3. The molecule has 0 radical (unpaired) electrons. The van der Waals surface area contributed by atoms with Gasteiger partial charge in [0.1, 0.15) is 5.75 Å². The summed E-state index contributed by atoms with van der Waals surface area (Å²) in [6.07, 6.45) is 6.97. The summed E-state index contributed by atoms with van der Waals surface area (Å²) in [5.74, 6) is -0.361. The van der Waals surface area contributed by atoms with Crippen LogP contribution in [0.5, 0.6) is 5.75 Å². The maximum absolute atomic E-state index is 13.6. The van der Waals surface area contributed by atoms with E-state index in [1.807, 2.05) is 12.1 Å². The van der Waals surface area contributed by atoms with Crippen molar-refractivity contribution in [2.24, 2.45) is 11.3 Å². The fourth-order valence-electron chi connectivity index (χ4n) is 5.79. The van der Waals surface area contributed by atoms with E-state index < -0.39 is 5.57 Å². The van der Waals surface area contributed by atoms with Gasteiger partial charge in [0.15, 0.2) is 6.29 Å². The van der Waals surface area contributed by atoms with Gasteiger partial charge in [-0.15, -0.1) is 8.78 Å². The molecule has 1 aliphatic carbocycles. The molecule has 2 N–H and O–H groups in total. The number of amides is 1. The number of benzene rings is 1. The van der Waals surface area contributed by atoms with Gasteiger partial charge in [0, 0.05) is 70.9 Å². The van der Waals surface area contributed by atoms with Crippen LogP contribution in [0.3, 0.4) is 0 Å². The topological polar surface area (TPSA) is 88.7 Å². The molecule has 11 heteroatoms. The number of likely N-dealkylation sites (tertiary alicyclic amines) is 1. The maximum Gasteiger partial charge on any atom is 0.487 e. The Bertz CT molecular complexity index is 1250. The van der Waals surface area contributed by atoms with Crippen molar-refractivity contribution in [3.8, 4) is 5.75 Å². The molecule has 2 fully saturated rings. The molecular formula is C29H35ClF2N4O4. The summed E-state index contributed by atoms with van der Waals surface area (Å²) >= 11 is 4.85. The zero-order valence-electron chi connectivity index (χ0n) is 22.9. The molecule has 1 aromatic heterocycles. The number of rotatable bonds is 9. The van der Waals surface area contributed by atoms with E-state index in [0.29, 0.717) is 30.9 Å². The Labute approximate surface area is 237 Å². The number of anilines is 1. The van der Waals surface area contributed by atoms with Crippen molar-refractivity contribution < 1.29 is 27.8 Å². The zero-order valence-corrected chi connectivity index (χ0v) is 23.6. The predicted molar refractivity (Wildman–Crippen MR) is 148 cm³/mol. The third-order valence-corrected chi connectivity index (χ3v) is 7.90. The number of hydrogen-bond donors (Lipinski definition) is 2. The van der Waals surface area contributed by atoms with Crippen LogP contribution in [0, 0.1) is 11.3 Å². The van der Waals surface area contributed by atoms with Crippen LogP contribution in [0.25, 0.3) is 5.57 Å². The van der Waals surface area contributed by atoms with Crippen LogP contribution >= 0.6 is 11.6 Å². The second kappa shape index (κ2) is 11.5. The molecule has 2 saturated heterocycles. The summed E-state index contributed by atoms with van der Waals surface area (Å²) in [5.41, 5.74) is -0.0816. The quantitative estimate of drug-likeness (QED) is 0.348. The summed E-state index contributed by atoms with van der Waals surface area (Å²) in [6.45, 7) is 8.57. The smallest absolute Gasteiger partial charge is 0.420 e. The number of aromatic nitrogens is 2. The lowest BCUT2D eigenvalue weighted by Crippen LogP contribution is -2.37. The normalized spacial score (nSPS) is 25.2. The Kier molecular flexibility index (Phi) is 8.22. The molecule has 40 heavy (non-hydrogen) atoms. The number of fused-ring (bicyclic) bond motifs is 1. The standard InChI is InChI=1S/C29H35ClF2N4O4/c1-18(2)36-16-28(3,17-39-25-6-4-5-13-38-25)23-15-19(14-22(26(23)36)24-11-12-33-35-24)27(37)34-20-7-9-21(10-8-20)40-29(30,31)32/h7-12,14,18,23,25H,4-6,13,15-17H2,1-3H3,(H,33,35)(H,34,37). The molecule has 1 aromatic carbocycles. The Hall–Kier alpha value is -2.95. The Balaban J connectivity index is 1.42. The molecular weight excluding hydrogens is 542 g/mol. The highest BCUT2D eigenvalue weighted by Crippen LogP contribution is 2.52. The first kappa shape index (κ1) is 28.6. The molecule has 8 nitrogen and oxygen atoms in total. The maximum atomic E-state index is 13.6. The number of aromatic amines is 1. The van der Waals surface area contributed by atoms with E-state index in [1.165, 1.54) is 30.0 Å². The average Bonchev–Trinajstić information content (AvgIpc) is 3.55. The number of nitrogens with one attached hydrogen (secondary N) is 2. The molecule has 0 bridgehead atoms. The third-order valence-electron chi connectivity index (χ3n) is 7.82. The minimum Gasteiger partial charge on any atom is -0.420 e. The lowest BCUT2D eigenvalue weighted by molar-refractivity contribution is -0.179. The predicted octanol–water partition coefficient (Wildman–Crippen LogP) is 6.15. The number of carbonyl (C=O) groups excluding carboxylic acids is 1. The van der Waals surface area contributed by atoms with Gasteiger partial charge in [-0.05, 0) is 75.9 Å². The second-order valence-corrected chi connectivity index (χ2v) is 11.6. The molecule has 2 aromatic rings. The third kappa shape index (κ3) is 6.34. The van der Waals surface area contributed by atoms with Crippen LogP contribution in [0.2, 0.25) is 0 Å². The number of hydrogen-bond acceptors (Lipinski definition) is 6. The van der Waals surface area contributed by atoms with E-state index in [0.717, 1.165) is 37.1 Å². The van der Waals surface area contributed by atoms with E-state index in [9.17, 15) is 13.6 Å². The number of allylic oxidation sites excluding steroid dienone is 3. The summed E-state index contributed by atoms with van der Waals surface area (Å²) in [6, 6.07) is 7.79. The SMILES string of the molecule is CC(C)N1CC(C)(COC2CCCCO2)C2CC(C(=O)Nc3ccc(OC(F)(F)Cl)cc3)=CC(c3ccn[nH]3)=C21. The van der Waals surface area contributed by atoms with Gasteiger partial charge in [0.2, 0.25) is 0 Å². The van der Waals surface area contributed by atoms with Crippen molar-refractivity contribution in [3.05, 3.63) is 59.6 Å². The number of halogens is 3. The summed E-state index contributed by atoms with van der Waals surface area (Å²) in [7, 11) is 0.